The summed E-state index contributed by atoms with van der Waals surface area (Å²) in [6, 6.07) is 1.78. The molecule has 0 aromatic carbocycles. The van der Waals surface area contributed by atoms with Crippen LogP contribution in [0.5, 0.6) is 0 Å². The molecule has 2 rings (SSSR count). The Balaban J connectivity index is 2.19. The molecule has 0 aliphatic rings. The molecule has 0 fully saturated rings. The van der Waals surface area contributed by atoms with Crippen LogP contribution in [0.25, 0.3) is 0 Å². The van der Waals surface area contributed by atoms with Gasteiger partial charge in [0.05, 0.1) is 5.69 Å². The molecule has 3 N–H and O–H groups in total. The van der Waals surface area contributed by atoms with Gasteiger partial charge >= 0.3 is 0 Å². The van der Waals surface area contributed by atoms with E-state index >= 15 is 0 Å². The third-order valence-electron chi connectivity index (χ3n) is 2.60. The van der Waals surface area contributed by atoms with Crippen molar-refractivity contribution in [1.82, 2.24) is 14.7 Å². The summed E-state index contributed by atoms with van der Waals surface area (Å²) in [5.41, 5.74) is 7.75. The van der Waals surface area contributed by atoms with Crippen molar-refractivity contribution < 1.29 is 8.42 Å². The Hall–Kier alpha value is -1.51. The summed E-state index contributed by atoms with van der Waals surface area (Å²) in [5, 5.41) is 0.248. The van der Waals surface area contributed by atoms with E-state index in [0.29, 0.717) is 5.69 Å². The molecule has 0 saturated heterocycles. The van der Waals surface area contributed by atoms with Crippen molar-refractivity contribution in [3.05, 3.63) is 35.3 Å². The molecule has 0 aliphatic carbocycles. The van der Waals surface area contributed by atoms with E-state index in [-0.39, 0.29) is 15.9 Å². The number of anilines is 1. The number of hydrogen-bond donors (Lipinski definition) is 2. The molecule has 0 saturated carbocycles. The highest BCUT2D eigenvalue weighted by Crippen LogP contribution is 2.24. The van der Waals surface area contributed by atoms with Gasteiger partial charge in [-0.15, -0.1) is 0 Å². The average Bonchev–Trinajstić information content (AvgIpc) is 2.68. The van der Waals surface area contributed by atoms with Crippen LogP contribution in [0, 0.1) is 13.8 Å². The molecule has 102 valence electrons. The number of nitrogen functional groups attached to an aromatic ring is 1. The molecular formula is C11H14N4O2S2. The lowest BCUT2D eigenvalue weighted by atomic mass is 10.2. The summed E-state index contributed by atoms with van der Waals surface area (Å²) in [4.78, 5) is 7.88. The van der Waals surface area contributed by atoms with Gasteiger partial charge in [-0.1, -0.05) is 11.3 Å². The largest absolute Gasteiger partial charge is 0.375 e. The van der Waals surface area contributed by atoms with Gasteiger partial charge in [0.25, 0.3) is 10.0 Å². The monoisotopic (exact) mass is 298 g/mol. The van der Waals surface area contributed by atoms with Gasteiger partial charge in [-0.05, 0) is 31.0 Å². The fraction of sp³-hybridized carbons (Fsp3) is 0.273. The molecule has 0 aliphatic heterocycles. The molecule has 0 radical (unpaired) electrons. The lowest BCUT2D eigenvalue weighted by molar-refractivity contribution is 0.582. The van der Waals surface area contributed by atoms with Crippen LogP contribution in [0.4, 0.5) is 5.13 Å². The predicted molar refractivity (Wildman–Crippen MR) is 74.3 cm³/mol. The number of thiazole rings is 1. The van der Waals surface area contributed by atoms with E-state index in [0.717, 1.165) is 22.5 Å². The van der Waals surface area contributed by atoms with Crippen LogP contribution < -0.4 is 10.5 Å². The quantitative estimate of drug-likeness (QED) is 0.884. The lowest BCUT2D eigenvalue weighted by Crippen LogP contribution is -2.23. The molecular weight excluding hydrogens is 284 g/mol. The first-order chi connectivity index (χ1) is 8.90. The number of rotatable bonds is 4. The van der Waals surface area contributed by atoms with Crippen LogP contribution in [0.2, 0.25) is 0 Å². The number of aromatic nitrogens is 2. The van der Waals surface area contributed by atoms with Crippen LogP contribution in [-0.2, 0) is 16.6 Å². The number of nitrogens with zero attached hydrogens (tertiary/aromatic N) is 2. The molecule has 19 heavy (non-hydrogen) atoms. The Bertz CT molecular complexity index is 694. The van der Waals surface area contributed by atoms with E-state index in [2.05, 4.69) is 14.7 Å². The maximum Gasteiger partial charge on any atom is 0.252 e. The van der Waals surface area contributed by atoms with Gasteiger partial charge in [0.15, 0.2) is 9.34 Å². The van der Waals surface area contributed by atoms with E-state index in [9.17, 15) is 8.42 Å². The standard InChI is InChI=1S/C11H14N4O2S2/c1-7-5-13-4-3-9(7)6-14-19(16,17)10-8(2)15-11(12)18-10/h3-5,14H,6H2,1-2H3,(H2,12,15). The van der Waals surface area contributed by atoms with E-state index < -0.39 is 10.0 Å². The van der Waals surface area contributed by atoms with Gasteiger partial charge in [-0.3, -0.25) is 4.98 Å². The summed E-state index contributed by atoms with van der Waals surface area (Å²) in [5.74, 6) is 0. The van der Waals surface area contributed by atoms with Crippen LogP contribution in [-0.4, -0.2) is 18.4 Å². The molecule has 2 aromatic rings. The third kappa shape index (κ3) is 3.09. The number of hydrogen-bond acceptors (Lipinski definition) is 6. The van der Waals surface area contributed by atoms with Crippen molar-refractivity contribution in [3.63, 3.8) is 0 Å². The summed E-state index contributed by atoms with van der Waals surface area (Å²) in [7, 11) is -3.58. The fourth-order valence-corrected chi connectivity index (χ4v) is 3.94. The Morgan fingerprint density at radius 1 is 1.42 bits per heavy atom. The van der Waals surface area contributed by atoms with Crippen molar-refractivity contribution >= 4 is 26.5 Å². The van der Waals surface area contributed by atoms with Crippen molar-refractivity contribution in [3.8, 4) is 0 Å². The lowest BCUT2D eigenvalue weighted by Gasteiger charge is -2.07. The second kappa shape index (κ2) is 5.24. The van der Waals surface area contributed by atoms with E-state index in [1.165, 1.54) is 0 Å². The Morgan fingerprint density at radius 3 is 2.74 bits per heavy atom. The van der Waals surface area contributed by atoms with Gasteiger partial charge in [0, 0.05) is 18.9 Å². The number of sulfonamides is 1. The van der Waals surface area contributed by atoms with E-state index in [4.69, 9.17) is 5.73 Å². The zero-order valence-electron chi connectivity index (χ0n) is 10.5. The molecule has 6 nitrogen and oxygen atoms in total. The maximum atomic E-state index is 12.1. The number of aryl methyl sites for hydroxylation is 2. The Morgan fingerprint density at radius 2 is 2.16 bits per heavy atom. The first kappa shape index (κ1) is 13.9. The minimum absolute atomic E-state index is 0.164. The Labute approximate surface area is 115 Å². The van der Waals surface area contributed by atoms with Crippen LogP contribution in [0.15, 0.2) is 22.7 Å². The van der Waals surface area contributed by atoms with Crippen molar-refractivity contribution in [1.29, 1.82) is 0 Å². The summed E-state index contributed by atoms with van der Waals surface area (Å²) >= 11 is 0.964. The summed E-state index contributed by atoms with van der Waals surface area (Å²) < 4.78 is 27.0. The summed E-state index contributed by atoms with van der Waals surface area (Å²) in [6.07, 6.45) is 3.33. The van der Waals surface area contributed by atoms with Gasteiger partial charge in [0.2, 0.25) is 0 Å². The number of nitrogens with two attached hydrogens (primary N) is 1. The highest BCUT2D eigenvalue weighted by Gasteiger charge is 2.20. The maximum absolute atomic E-state index is 12.1. The van der Waals surface area contributed by atoms with Crippen LogP contribution >= 0.6 is 11.3 Å². The predicted octanol–water partition coefficient (Wildman–Crippen LogP) is 1.22. The molecule has 8 heteroatoms. The minimum atomic E-state index is -3.58. The molecule has 0 bridgehead atoms. The highest BCUT2D eigenvalue weighted by atomic mass is 32.2. The first-order valence-electron chi connectivity index (χ1n) is 5.52. The molecule has 0 atom stereocenters. The normalized spacial score (nSPS) is 11.7. The number of nitrogens with one attached hydrogen (secondary N) is 1. The van der Waals surface area contributed by atoms with Gasteiger partial charge < -0.3 is 5.73 Å². The molecule has 0 amide bonds. The average molecular weight is 298 g/mol. The second-order valence-corrected chi connectivity index (χ2v) is 7.04. The van der Waals surface area contributed by atoms with Crippen LogP contribution in [0.1, 0.15) is 16.8 Å². The third-order valence-corrected chi connectivity index (χ3v) is 5.60. The number of pyridine rings is 1. The van der Waals surface area contributed by atoms with Gasteiger partial charge in [-0.25, -0.2) is 18.1 Å². The van der Waals surface area contributed by atoms with Crippen molar-refractivity contribution in [2.75, 3.05) is 5.73 Å². The second-order valence-electron chi connectivity index (χ2n) is 4.05. The topological polar surface area (TPSA) is 98.0 Å². The van der Waals surface area contributed by atoms with E-state index in [1.54, 1.807) is 25.4 Å². The fourth-order valence-electron chi connectivity index (χ4n) is 1.59. The first-order valence-corrected chi connectivity index (χ1v) is 7.82. The van der Waals surface area contributed by atoms with Crippen molar-refractivity contribution in [2.24, 2.45) is 0 Å². The van der Waals surface area contributed by atoms with E-state index in [1.807, 2.05) is 6.92 Å². The zero-order valence-corrected chi connectivity index (χ0v) is 12.2. The summed E-state index contributed by atoms with van der Waals surface area (Å²) in [6.45, 7) is 3.72. The molecule has 0 unspecified atom stereocenters. The smallest absolute Gasteiger partial charge is 0.252 e. The molecule has 2 heterocycles. The van der Waals surface area contributed by atoms with Crippen LogP contribution in [0.3, 0.4) is 0 Å². The molecule has 0 spiro atoms. The minimum Gasteiger partial charge on any atom is -0.375 e. The molecule has 2 aromatic heterocycles. The zero-order chi connectivity index (χ0) is 14.0. The SMILES string of the molecule is Cc1cnccc1CNS(=O)(=O)c1sc(N)nc1C. The van der Waals surface area contributed by atoms with Gasteiger partial charge in [0.1, 0.15) is 0 Å². The van der Waals surface area contributed by atoms with Gasteiger partial charge in [-0.2, -0.15) is 0 Å². The highest BCUT2D eigenvalue weighted by molar-refractivity contribution is 7.91. The Kier molecular flexibility index (Phi) is 3.83. The van der Waals surface area contributed by atoms with Crippen molar-refractivity contribution in [2.45, 2.75) is 24.6 Å².